The summed E-state index contributed by atoms with van der Waals surface area (Å²) in [6.07, 6.45) is -0.203. The van der Waals surface area contributed by atoms with Crippen molar-refractivity contribution in [2.75, 3.05) is 24.2 Å². The maximum absolute atomic E-state index is 11.8. The fraction of sp³-hybridized carbons (Fsp3) is 0.357. The molecule has 0 unspecified atom stereocenters. The van der Waals surface area contributed by atoms with E-state index in [2.05, 4.69) is 21.3 Å². The van der Waals surface area contributed by atoms with Crippen LogP contribution in [0.25, 0.3) is 0 Å². The third-order valence-electron chi connectivity index (χ3n) is 2.61. The van der Waals surface area contributed by atoms with E-state index < -0.39 is 16.0 Å². The number of rotatable bonds is 5. The number of esters is 1. The molecule has 0 fully saturated rings. The van der Waals surface area contributed by atoms with Gasteiger partial charge in [-0.05, 0) is 30.7 Å². The zero-order valence-corrected chi connectivity index (χ0v) is 12.7. The number of nitrogens with one attached hydrogen (secondary N) is 1. The summed E-state index contributed by atoms with van der Waals surface area (Å²) in [6, 6.07) is 4.95. The largest absolute Gasteiger partial charge is 0.469 e. The van der Waals surface area contributed by atoms with Crippen LogP contribution in [0.5, 0.6) is 0 Å². The van der Waals surface area contributed by atoms with Crippen LogP contribution in [0, 0.1) is 18.8 Å². The van der Waals surface area contributed by atoms with Crippen LogP contribution in [0.4, 0.5) is 5.69 Å². The molecule has 0 aliphatic heterocycles. The van der Waals surface area contributed by atoms with Crippen LogP contribution in [-0.2, 0) is 19.6 Å². The summed E-state index contributed by atoms with van der Waals surface area (Å²) in [5.74, 6) is 4.33. The molecule has 114 valence electrons. The van der Waals surface area contributed by atoms with E-state index in [0.29, 0.717) is 16.8 Å². The fourth-order valence-corrected chi connectivity index (χ4v) is 2.64. The van der Waals surface area contributed by atoms with Gasteiger partial charge < -0.3 is 9.84 Å². The molecule has 0 saturated heterocycles. The van der Waals surface area contributed by atoms with Gasteiger partial charge in [-0.3, -0.25) is 9.52 Å². The molecule has 0 atom stereocenters. The number of aryl methyl sites for hydroxylation is 1. The lowest BCUT2D eigenvalue weighted by Crippen LogP contribution is -2.20. The van der Waals surface area contributed by atoms with Crippen molar-refractivity contribution in [1.82, 2.24) is 0 Å². The average molecular weight is 311 g/mol. The first-order chi connectivity index (χ1) is 9.88. The molecule has 1 aromatic carbocycles. The van der Waals surface area contributed by atoms with Crippen LogP contribution >= 0.6 is 0 Å². The Kier molecular flexibility index (Phi) is 6.21. The van der Waals surface area contributed by atoms with Crippen LogP contribution in [-0.4, -0.2) is 39.0 Å². The van der Waals surface area contributed by atoms with E-state index >= 15 is 0 Å². The number of benzene rings is 1. The highest BCUT2D eigenvalue weighted by molar-refractivity contribution is 7.92. The highest BCUT2D eigenvalue weighted by atomic mass is 32.2. The predicted octanol–water partition coefficient (Wildman–Crippen LogP) is 0.644. The molecule has 0 spiro atoms. The quantitative estimate of drug-likeness (QED) is 0.615. The number of anilines is 1. The van der Waals surface area contributed by atoms with Crippen molar-refractivity contribution < 1.29 is 23.1 Å². The molecule has 0 aliphatic carbocycles. The second-order valence-electron chi connectivity index (χ2n) is 4.24. The number of sulfonamides is 1. The molecule has 0 amide bonds. The van der Waals surface area contributed by atoms with Gasteiger partial charge in [0.1, 0.15) is 6.61 Å². The summed E-state index contributed by atoms with van der Waals surface area (Å²) in [6.45, 7) is 1.50. The van der Waals surface area contributed by atoms with Crippen molar-refractivity contribution in [1.29, 1.82) is 0 Å². The first kappa shape index (κ1) is 17.0. The Labute approximate surface area is 124 Å². The van der Waals surface area contributed by atoms with Crippen LogP contribution in [0.1, 0.15) is 17.5 Å². The van der Waals surface area contributed by atoms with Crippen LogP contribution in [0.15, 0.2) is 18.2 Å². The van der Waals surface area contributed by atoms with Gasteiger partial charge in [0.15, 0.2) is 0 Å². The summed E-state index contributed by atoms with van der Waals surface area (Å²) in [7, 11) is -2.41. The van der Waals surface area contributed by atoms with Crippen LogP contribution < -0.4 is 4.72 Å². The standard InChI is InChI=1S/C14H17NO5S/c1-11-10-12(4-3-8-16)5-6-13(11)15-21(18,19)9-7-14(17)20-2/h5-6,10,15-16H,7-9H2,1-2H3. The molecule has 0 saturated carbocycles. The second kappa shape index (κ2) is 7.67. The maximum atomic E-state index is 11.8. The Hall–Kier alpha value is -2.04. The lowest BCUT2D eigenvalue weighted by Gasteiger charge is -2.10. The van der Waals surface area contributed by atoms with Crippen molar-refractivity contribution in [2.45, 2.75) is 13.3 Å². The maximum Gasteiger partial charge on any atom is 0.306 e. The number of ether oxygens (including phenoxy) is 1. The minimum atomic E-state index is -3.62. The summed E-state index contributed by atoms with van der Waals surface area (Å²) in [4.78, 5) is 11.0. The monoisotopic (exact) mass is 311 g/mol. The summed E-state index contributed by atoms with van der Waals surface area (Å²) < 4.78 is 30.5. The zero-order valence-electron chi connectivity index (χ0n) is 11.8. The first-order valence-corrected chi connectivity index (χ1v) is 7.81. The Morgan fingerprint density at radius 2 is 2.14 bits per heavy atom. The van der Waals surface area contributed by atoms with E-state index in [1.807, 2.05) is 0 Å². The predicted molar refractivity (Wildman–Crippen MR) is 79.2 cm³/mol. The van der Waals surface area contributed by atoms with Gasteiger partial charge in [0.25, 0.3) is 0 Å². The SMILES string of the molecule is COC(=O)CCS(=O)(=O)Nc1ccc(C#CCO)cc1C. The van der Waals surface area contributed by atoms with Crippen molar-refractivity contribution >= 4 is 21.7 Å². The number of carbonyl (C=O) groups excluding carboxylic acids is 1. The van der Waals surface area contributed by atoms with E-state index in [-0.39, 0.29) is 18.8 Å². The molecule has 2 N–H and O–H groups in total. The number of aliphatic hydroxyl groups excluding tert-OH is 1. The van der Waals surface area contributed by atoms with Gasteiger partial charge in [-0.1, -0.05) is 11.8 Å². The number of hydrogen-bond acceptors (Lipinski definition) is 5. The fourth-order valence-electron chi connectivity index (χ4n) is 1.54. The molecular weight excluding hydrogens is 294 g/mol. The van der Waals surface area contributed by atoms with Gasteiger partial charge in [-0.2, -0.15) is 0 Å². The average Bonchev–Trinajstić information content (AvgIpc) is 2.45. The molecule has 6 nitrogen and oxygen atoms in total. The van der Waals surface area contributed by atoms with Crippen LogP contribution in [0.2, 0.25) is 0 Å². The molecule has 0 bridgehead atoms. The number of carbonyl (C=O) groups is 1. The van der Waals surface area contributed by atoms with Gasteiger partial charge >= 0.3 is 5.97 Å². The number of methoxy groups -OCH3 is 1. The summed E-state index contributed by atoms with van der Waals surface area (Å²) >= 11 is 0. The Bertz CT molecular complexity index is 670. The first-order valence-electron chi connectivity index (χ1n) is 6.15. The van der Waals surface area contributed by atoms with Gasteiger partial charge in [-0.15, -0.1) is 0 Å². The molecule has 0 heterocycles. The minimum absolute atomic E-state index is 0.203. The van der Waals surface area contributed by atoms with Crippen molar-refractivity contribution in [2.24, 2.45) is 0 Å². The van der Waals surface area contributed by atoms with Gasteiger partial charge in [0.05, 0.1) is 25.0 Å². The molecule has 21 heavy (non-hydrogen) atoms. The Balaban J connectivity index is 2.80. The topological polar surface area (TPSA) is 92.7 Å². The highest BCUT2D eigenvalue weighted by Gasteiger charge is 2.14. The molecule has 0 radical (unpaired) electrons. The molecule has 7 heteroatoms. The van der Waals surface area contributed by atoms with E-state index in [1.165, 1.54) is 7.11 Å². The van der Waals surface area contributed by atoms with Crippen molar-refractivity contribution in [3.05, 3.63) is 29.3 Å². The van der Waals surface area contributed by atoms with Crippen LogP contribution in [0.3, 0.4) is 0 Å². The van der Waals surface area contributed by atoms with E-state index in [9.17, 15) is 13.2 Å². The van der Waals surface area contributed by atoms with Crippen molar-refractivity contribution in [3.8, 4) is 11.8 Å². The molecule has 1 rings (SSSR count). The van der Waals surface area contributed by atoms with Crippen molar-refractivity contribution in [3.63, 3.8) is 0 Å². The number of aliphatic hydroxyl groups is 1. The summed E-state index contributed by atoms with van der Waals surface area (Å²) in [5, 5.41) is 8.63. The van der Waals surface area contributed by atoms with Gasteiger partial charge in [0, 0.05) is 5.56 Å². The second-order valence-corrected chi connectivity index (χ2v) is 6.08. The lowest BCUT2D eigenvalue weighted by molar-refractivity contribution is -0.140. The van der Waals surface area contributed by atoms with Gasteiger partial charge in [-0.25, -0.2) is 8.42 Å². The molecule has 0 aliphatic rings. The zero-order chi connectivity index (χ0) is 15.9. The highest BCUT2D eigenvalue weighted by Crippen LogP contribution is 2.17. The third kappa shape index (κ3) is 5.85. The molecule has 1 aromatic rings. The van der Waals surface area contributed by atoms with Gasteiger partial charge in [0.2, 0.25) is 10.0 Å². The third-order valence-corrected chi connectivity index (χ3v) is 3.88. The summed E-state index contributed by atoms with van der Waals surface area (Å²) in [5.41, 5.74) is 1.80. The van der Waals surface area contributed by atoms with E-state index in [1.54, 1.807) is 25.1 Å². The lowest BCUT2D eigenvalue weighted by atomic mass is 10.1. The molecule has 0 aromatic heterocycles. The Morgan fingerprint density at radius 1 is 1.43 bits per heavy atom. The van der Waals surface area contributed by atoms with E-state index in [4.69, 9.17) is 5.11 Å². The minimum Gasteiger partial charge on any atom is -0.469 e. The Morgan fingerprint density at radius 3 is 2.71 bits per heavy atom. The number of hydrogen-bond donors (Lipinski definition) is 2. The smallest absolute Gasteiger partial charge is 0.306 e. The molecular formula is C14H17NO5S. The van der Waals surface area contributed by atoms with E-state index in [0.717, 1.165) is 0 Å². The normalized spacial score (nSPS) is 10.4.